The van der Waals surface area contributed by atoms with Crippen LogP contribution in [0.15, 0.2) is 28.1 Å². The molecule has 2 heterocycles. The molecule has 2 aliphatic heterocycles. The zero-order valence-corrected chi connectivity index (χ0v) is 13.8. The molecule has 0 aromatic heterocycles. The molecule has 1 fully saturated rings. The minimum Gasteiger partial charge on any atom is -0.507 e. The van der Waals surface area contributed by atoms with Crippen molar-refractivity contribution in [2.75, 3.05) is 27.2 Å². The van der Waals surface area contributed by atoms with Crippen LogP contribution in [-0.2, 0) is 4.79 Å². The summed E-state index contributed by atoms with van der Waals surface area (Å²) in [6, 6.07) is 4.18. The number of benzene rings is 1. The first-order valence-corrected chi connectivity index (χ1v) is 8.18. The smallest absolute Gasteiger partial charge is 0.286 e. The number of carbonyl (C=O) groups is 1. The van der Waals surface area contributed by atoms with Crippen LogP contribution in [0, 0.1) is 5.82 Å². The Labute approximate surface area is 138 Å². The fraction of sp³-hybridized carbons (Fsp3) is 0.375. The van der Waals surface area contributed by atoms with Crippen molar-refractivity contribution in [3.63, 3.8) is 0 Å². The summed E-state index contributed by atoms with van der Waals surface area (Å²) in [6.07, 6.45) is 2.59. The van der Waals surface area contributed by atoms with E-state index >= 15 is 0 Å². The molecule has 0 aliphatic carbocycles. The Morgan fingerprint density at radius 3 is 2.91 bits per heavy atom. The first kappa shape index (κ1) is 16.0. The minimum absolute atomic E-state index is 0.187. The van der Waals surface area contributed by atoms with Crippen LogP contribution in [0.3, 0.4) is 0 Å². The molecule has 23 heavy (non-hydrogen) atoms. The zero-order valence-electron chi connectivity index (χ0n) is 13.0. The number of aliphatic imine (C=N–C) groups is 1. The Morgan fingerprint density at radius 1 is 1.48 bits per heavy atom. The Bertz CT molecular complexity index is 703. The number of rotatable bonds is 2. The molecule has 1 saturated heterocycles. The van der Waals surface area contributed by atoms with E-state index in [1.807, 2.05) is 14.1 Å². The monoisotopic (exact) mass is 335 g/mol. The Balaban J connectivity index is 1.74. The molecule has 0 unspecified atom stereocenters. The topological polar surface area (TPSA) is 56.1 Å². The highest BCUT2D eigenvalue weighted by molar-refractivity contribution is 8.18. The first-order chi connectivity index (χ1) is 10.9. The standard InChI is InChI=1S/C16H18FN3O2S/c1-19(2)12-5-6-20(9-12)16-18-15(22)14(23-16)7-10-3-4-11(17)8-13(10)21/h3-4,7-8,12,21H,5-6,9H2,1-2H3/b14-7-/t12-/m0/s1. The first-order valence-electron chi connectivity index (χ1n) is 7.36. The Morgan fingerprint density at radius 2 is 2.26 bits per heavy atom. The molecule has 1 N–H and O–H groups in total. The number of amides is 1. The fourth-order valence-electron chi connectivity index (χ4n) is 2.65. The van der Waals surface area contributed by atoms with Gasteiger partial charge in [-0.2, -0.15) is 4.99 Å². The van der Waals surface area contributed by atoms with Crippen LogP contribution in [0.25, 0.3) is 6.08 Å². The van der Waals surface area contributed by atoms with Gasteiger partial charge in [0, 0.05) is 30.8 Å². The van der Waals surface area contributed by atoms with Gasteiger partial charge in [0.2, 0.25) is 0 Å². The summed E-state index contributed by atoms with van der Waals surface area (Å²) in [5.41, 5.74) is 0.409. The van der Waals surface area contributed by atoms with Crippen LogP contribution in [0.2, 0.25) is 0 Å². The number of halogens is 1. The van der Waals surface area contributed by atoms with Crippen molar-refractivity contribution in [3.05, 3.63) is 34.5 Å². The molecule has 0 spiro atoms. The van der Waals surface area contributed by atoms with E-state index in [1.54, 1.807) is 6.08 Å². The molecule has 1 aromatic rings. The Kier molecular flexibility index (Phi) is 4.41. The third kappa shape index (κ3) is 3.40. The molecule has 5 nitrogen and oxygen atoms in total. The van der Waals surface area contributed by atoms with Gasteiger partial charge in [-0.15, -0.1) is 0 Å². The quantitative estimate of drug-likeness (QED) is 0.839. The van der Waals surface area contributed by atoms with Crippen LogP contribution in [0.1, 0.15) is 12.0 Å². The van der Waals surface area contributed by atoms with E-state index in [2.05, 4.69) is 14.8 Å². The fourth-order valence-corrected chi connectivity index (χ4v) is 3.59. The lowest BCUT2D eigenvalue weighted by atomic mass is 10.2. The maximum absolute atomic E-state index is 13.0. The molecule has 1 amide bonds. The number of likely N-dealkylation sites (N-methyl/N-ethyl adjacent to an activating group) is 1. The number of aromatic hydroxyl groups is 1. The second kappa shape index (κ2) is 6.33. The average Bonchev–Trinajstić information content (AvgIpc) is 3.09. The molecular formula is C16H18FN3O2S. The van der Waals surface area contributed by atoms with E-state index in [4.69, 9.17) is 0 Å². The van der Waals surface area contributed by atoms with E-state index in [9.17, 15) is 14.3 Å². The predicted octanol–water partition coefficient (Wildman–Crippen LogP) is 2.14. The van der Waals surface area contributed by atoms with Gasteiger partial charge in [0.25, 0.3) is 5.91 Å². The molecule has 2 aliphatic rings. The number of nitrogens with zero attached hydrogens (tertiary/aromatic N) is 3. The predicted molar refractivity (Wildman–Crippen MR) is 89.7 cm³/mol. The summed E-state index contributed by atoms with van der Waals surface area (Å²) in [5.74, 6) is -1.02. The summed E-state index contributed by atoms with van der Waals surface area (Å²) >= 11 is 1.30. The summed E-state index contributed by atoms with van der Waals surface area (Å²) in [6.45, 7) is 1.72. The van der Waals surface area contributed by atoms with Crippen molar-refractivity contribution in [2.45, 2.75) is 12.5 Å². The molecule has 122 valence electrons. The summed E-state index contributed by atoms with van der Waals surface area (Å²) < 4.78 is 13.0. The number of hydrogen-bond acceptors (Lipinski definition) is 5. The van der Waals surface area contributed by atoms with Gasteiger partial charge in [0.1, 0.15) is 11.6 Å². The van der Waals surface area contributed by atoms with Crippen molar-refractivity contribution in [3.8, 4) is 5.75 Å². The molecule has 0 saturated carbocycles. The minimum atomic E-state index is -0.515. The van der Waals surface area contributed by atoms with Gasteiger partial charge < -0.3 is 14.9 Å². The van der Waals surface area contributed by atoms with Crippen molar-refractivity contribution in [2.24, 2.45) is 4.99 Å². The summed E-state index contributed by atoms with van der Waals surface area (Å²) in [5, 5.41) is 10.5. The highest BCUT2D eigenvalue weighted by atomic mass is 32.2. The van der Waals surface area contributed by atoms with E-state index in [0.717, 1.165) is 25.6 Å². The van der Waals surface area contributed by atoms with Gasteiger partial charge in [-0.25, -0.2) is 4.39 Å². The highest BCUT2D eigenvalue weighted by Gasteiger charge is 2.32. The summed E-state index contributed by atoms with van der Waals surface area (Å²) in [7, 11) is 4.09. The number of hydrogen-bond donors (Lipinski definition) is 1. The van der Waals surface area contributed by atoms with E-state index in [1.165, 1.54) is 23.9 Å². The number of carbonyl (C=O) groups excluding carboxylic acids is 1. The lowest BCUT2D eigenvalue weighted by molar-refractivity contribution is -0.113. The maximum Gasteiger partial charge on any atom is 0.286 e. The second-order valence-corrected chi connectivity index (χ2v) is 6.87. The van der Waals surface area contributed by atoms with Crippen LogP contribution in [0.5, 0.6) is 5.75 Å². The largest absolute Gasteiger partial charge is 0.507 e. The highest BCUT2D eigenvalue weighted by Crippen LogP contribution is 2.33. The van der Waals surface area contributed by atoms with Gasteiger partial charge in [0.15, 0.2) is 5.17 Å². The normalized spacial score (nSPS) is 23.2. The van der Waals surface area contributed by atoms with Crippen molar-refractivity contribution in [1.82, 2.24) is 9.80 Å². The van der Waals surface area contributed by atoms with Crippen LogP contribution in [0.4, 0.5) is 4.39 Å². The maximum atomic E-state index is 13.0. The molecular weight excluding hydrogens is 317 g/mol. The number of amidine groups is 1. The van der Waals surface area contributed by atoms with Gasteiger partial charge in [-0.1, -0.05) is 0 Å². The molecule has 0 bridgehead atoms. The SMILES string of the molecule is CN(C)[C@H]1CCN(C2=NC(=O)/C(=C/c3ccc(F)cc3O)S2)C1. The van der Waals surface area contributed by atoms with Gasteiger partial charge in [0.05, 0.1) is 4.91 Å². The van der Waals surface area contributed by atoms with Crippen molar-refractivity contribution >= 4 is 28.9 Å². The number of phenolic OH excluding ortho intramolecular Hbond substituents is 1. The molecule has 3 rings (SSSR count). The van der Waals surface area contributed by atoms with Crippen molar-refractivity contribution < 1.29 is 14.3 Å². The summed E-state index contributed by atoms with van der Waals surface area (Å²) in [4.78, 5) is 20.9. The number of likely N-dealkylation sites (tertiary alicyclic amines) is 1. The van der Waals surface area contributed by atoms with E-state index < -0.39 is 5.82 Å². The molecule has 1 aromatic carbocycles. The van der Waals surface area contributed by atoms with Crippen molar-refractivity contribution in [1.29, 1.82) is 0 Å². The van der Waals surface area contributed by atoms with Gasteiger partial charge in [-0.3, -0.25) is 4.79 Å². The average molecular weight is 335 g/mol. The molecule has 7 heteroatoms. The van der Waals surface area contributed by atoms with E-state index in [-0.39, 0.29) is 11.7 Å². The lowest BCUT2D eigenvalue weighted by Gasteiger charge is -2.20. The zero-order chi connectivity index (χ0) is 16.6. The third-order valence-electron chi connectivity index (χ3n) is 4.05. The van der Waals surface area contributed by atoms with Gasteiger partial charge in [-0.05, 0) is 50.5 Å². The molecule has 1 atom stereocenters. The third-order valence-corrected chi connectivity index (χ3v) is 5.10. The Hall–Kier alpha value is -1.86. The lowest BCUT2D eigenvalue weighted by Crippen LogP contribution is -2.33. The van der Waals surface area contributed by atoms with Gasteiger partial charge >= 0.3 is 0 Å². The van der Waals surface area contributed by atoms with Crippen LogP contribution >= 0.6 is 11.8 Å². The molecule has 0 radical (unpaired) electrons. The van der Waals surface area contributed by atoms with Crippen LogP contribution < -0.4 is 0 Å². The number of phenols is 1. The van der Waals surface area contributed by atoms with Crippen LogP contribution in [-0.4, -0.2) is 59.2 Å². The van der Waals surface area contributed by atoms with E-state index in [0.29, 0.717) is 21.7 Å². The second-order valence-electron chi connectivity index (χ2n) is 5.87. The number of thioether (sulfide) groups is 1.